The number of fused-ring (bicyclic) bond motifs is 1. The van der Waals surface area contributed by atoms with Crippen molar-refractivity contribution in [1.82, 2.24) is 4.90 Å². The van der Waals surface area contributed by atoms with E-state index in [-0.39, 0.29) is 35.9 Å². The van der Waals surface area contributed by atoms with E-state index in [1.165, 1.54) is 41.3 Å². The van der Waals surface area contributed by atoms with Crippen molar-refractivity contribution in [3.63, 3.8) is 0 Å². The Bertz CT molecular complexity index is 1780. The van der Waals surface area contributed by atoms with E-state index in [1.807, 2.05) is 0 Å². The highest BCUT2D eigenvalue weighted by Gasteiger charge is 2.38. The van der Waals surface area contributed by atoms with Crippen LogP contribution in [-0.2, 0) is 36.3 Å². The molecule has 2 N–H and O–H groups in total. The number of benzene rings is 4. The number of esters is 1. The first kappa shape index (κ1) is 33.5. The molecule has 0 fully saturated rings. The van der Waals surface area contributed by atoms with E-state index in [1.54, 1.807) is 18.2 Å². The molecule has 0 saturated carbocycles. The molecule has 0 aromatic heterocycles. The molecule has 0 saturated heterocycles. The highest BCUT2D eigenvalue weighted by Crippen LogP contribution is 2.39. The lowest BCUT2D eigenvalue weighted by Crippen LogP contribution is -2.42. The monoisotopic (exact) mass is 666 g/mol. The minimum atomic E-state index is -5.04. The van der Waals surface area contributed by atoms with E-state index < -0.39 is 59.7 Å². The first-order valence-corrected chi connectivity index (χ1v) is 13.8. The maximum Gasteiger partial charge on any atom is 0.416 e. The second kappa shape index (κ2) is 12.4. The number of nitrogens with two attached hydrogens (primary N) is 1. The molecule has 246 valence electrons. The number of hydrogen-bond donors (Lipinski definition) is 1. The third kappa shape index (κ3) is 7.43. The van der Waals surface area contributed by atoms with Gasteiger partial charge in [0.05, 0.1) is 22.3 Å². The maximum atomic E-state index is 13.4. The van der Waals surface area contributed by atoms with Crippen LogP contribution in [0.5, 0.6) is 5.75 Å². The first-order chi connectivity index (χ1) is 21.9. The third-order valence-electron chi connectivity index (χ3n) is 7.63. The number of amides is 1. The van der Waals surface area contributed by atoms with Gasteiger partial charge < -0.3 is 10.5 Å². The number of primary amides is 1. The van der Waals surface area contributed by atoms with E-state index in [4.69, 9.17) is 10.5 Å². The molecular weight excluding hydrogens is 643 g/mol. The Labute approximate surface area is 261 Å². The molecule has 0 spiro atoms. The number of halogens is 9. The normalized spacial score (nSPS) is 15.6. The Morgan fingerprint density at radius 2 is 1.34 bits per heavy atom. The van der Waals surface area contributed by atoms with Crippen molar-refractivity contribution >= 4 is 11.9 Å². The molecule has 1 aliphatic heterocycles. The number of nitrogens with zero attached hydrogens (tertiary/aromatic N) is 1. The van der Waals surface area contributed by atoms with Gasteiger partial charge in [-0.1, -0.05) is 36.4 Å². The van der Waals surface area contributed by atoms with Crippen LogP contribution in [0.3, 0.4) is 0 Å². The van der Waals surface area contributed by atoms with Crippen LogP contribution in [0.25, 0.3) is 11.1 Å². The zero-order valence-electron chi connectivity index (χ0n) is 23.9. The molecular formula is C33H23F9N2O3. The molecule has 1 aliphatic rings. The van der Waals surface area contributed by atoms with Gasteiger partial charge in [-0.05, 0) is 82.8 Å². The summed E-state index contributed by atoms with van der Waals surface area (Å²) in [5.41, 5.74) is 3.04. The van der Waals surface area contributed by atoms with Gasteiger partial charge in [-0.3, -0.25) is 9.69 Å². The molecule has 5 rings (SSSR count). The van der Waals surface area contributed by atoms with E-state index in [9.17, 15) is 49.1 Å². The fraction of sp³-hybridized carbons (Fsp3) is 0.212. The molecule has 0 radical (unpaired) electrons. The van der Waals surface area contributed by atoms with Crippen LogP contribution in [0.15, 0.2) is 84.9 Å². The molecule has 1 unspecified atom stereocenters. The van der Waals surface area contributed by atoms with Crippen LogP contribution in [0, 0.1) is 0 Å². The van der Waals surface area contributed by atoms with Gasteiger partial charge in [0.15, 0.2) is 0 Å². The molecule has 0 aliphatic carbocycles. The summed E-state index contributed by atoms with van der Waals surface area (Å²) in [5.74, 6) is -1.67. The number of rotatable bonds is 6. The van der Waals surface area contributed by atoms with Crippen molar-refractivity contribution < 1.29 is 53.8 Å². The van der Waals surface area contributed by atoms with Gasteiger partial charge in [-0.25, -0.2) is 4.79 Å². The van der Waals surface area contributed by atoms with Gasteiger partial charge in [-0.2, -0.15) is 39.5 Å². The molecule has 1 atom stereocenters. The Morgan fingerprint density at radius 1 is 0.745 bits per heavy atom. The predicted molar refractivity (Wildman–Crippen MR) is 151 cm³/mol. The fourth-order valence-corrected chi connectivity index (χ4v) is 5.48. The molecule has 4 aromatic rings. The van der Waals surface area contributed by atoms with Gasteiger partial charge in [0.25, 0.3) is 0 Å². The molecule has 1 heterocycles. The number of ether oxygens (including phenoxy) is 1. The van der Waals surface area contributed by atoms with Gasteiger partial charge in [-0.15, -0.1) is 0 Å². The summed E-state index contributed by atoms with van der Waals surface area (Å²) in [6.07, 6.45) is -14.4. The average Bonchev–Trinajstić information content (AvgIpc) is 2.99. The second-order valence-electron chi connectivity index (χ2n) is 10.8. The number of carbonyl (C=O) groups excluding carboxylic acids is 2. The lowest BCUT2D eigenvalue weighted by atomic mass is 9.91. The van der Waals surface area contributed by atoms with Crippen LogP contribution in [0.2, 0.25) is 0 Å². The minimum Gasteiger partial charge on any atom is -0.423 e. The Balaban J connectivity index is 1.39. The summed E-state index contributed by atoms with van der Waals surface area (Å²) in [7, 11) is 0. The predicted octanol–water partition coefficient (Wildman–Crippen LogP) is 8.21. The SMILES string of the molecule is NC(=O)C1c2ccc(OC(=O)c3ccccc3-c3ccc(C(F)(F)F)cc3)cc2CCN1Cc1cc(C(F)(F)F)cc(C(F)(F)F)c1. The van der Waals surface area contributed by atoms with Crippen molar-refractivity contribution in [3.05, 3.63) is 124 Å². The Hall–Kier alpha value is -4.85. The van der Waals surface area contributed by atoms with E-state index in [0.29, 0.717) is 34.4 Å². The standard InChI is InChI=1S/C33H23F9N2O3/c34-31(35,36)21-7-5-19(6-8-21)25-3-1-2-4-27(25)30(46)47-24-9-10-26-20(15-24)11-12-44(28(26)29(43)45)17-18-13-22(32(37,38)39)16-23(14-18)33(40,41)42/h1-10,13-16,28H,11-12,17H2,(H2,43,45). The van der Waals surface area contributed by atoms with Crippen LogP contribution < -0.4 is 10.5 Å². The topological polar surface area (TPSA) is 72.6 Å². The van der Waals surface area contributed by atoms with Crippen LogP contribution in [0.4, 0.5) is 39.5 Å². The minimum absolute atomic E-state index is 0.0192. The zero-order chi connectivity index (χ0) is 34.3. The highest BCUT2D eigenvalue weighted by molar-refractivity contribution is 5.98. The summed E-state index contributed by atoms with van der Waals surface area (Å²) in [4.78, 5) is 27.1. The molecule has 14 heteroatoms. The van der Waals surface area contributed by atoms with Crippen LogP contribution in [0.1, 0.15) is 49.8 Å². The smallest absolute Gasteiger partial charge is 0.416 e. The third-order valence-corrected chi connectivity index (χ3v) is 7.63. The number of alkyl halides is 9. The van der Waals surface area contributed by atoms with Crippen molar-refractivity contribution in [3.8, 4) is 16.9 Å². The lowest BCUT2D eigenvalue weighted by molar-refractivity contribution is -0.143. The van der Waals surface area contributed by atoms with Crippen LogP contribution in [-0.4, -0.2) is 23.3 Å². The molecule has 0 bridgehead atoms. The zero-order valence-corrected chi connectivity index (χ0v) is 23.9. The Morgan fingerprint density at radius 3 is 1.91 bits per heavy atom. The second-order valence-corrected chi connectivity index (χ2v) is 10.8. The first-order valence-electron chi connectivity index (χ1n) is 13.8. The van der Waals surface area contributed by atoms with E-state index >= 15 is 0 Å². The Kier molecular flexibility index (Phi) is 8.84. The van der Waals surface area contributed by atoms with Gasteiger partial charge >= 0.3 is 24.5 Å². The van der Waals surface area contributed by atoms with Crippen molar-refractivity contribution in [2.24, 2.45) is 5.73 Å². The van der Waals surface area contributed by atoms with Crippen molar-refractivity contribution in [2.75, 3.05) is 6.54 Å². The van der Waals surface area contributed by atoms with Crippen molar-refractivity contribution in [1.29, 1.82) is 0 Å². The summed E-state index contributed by atoms with van der Waals surface area (Å²) < 4.78 is 125. The summed E-state index contributed by atoms with van der Waals surface area (Å²) in [5, 5.41) is 0. The quantitative estimate of drug-likeness (QED) is 0.128. The molecule has 4 aromatic carbocycles. The maximum absolute atomic E-state index is 13.4. The van der Waals surface area contributed by atoms with Crippen molar-refractivity contribution in [2.45, 2.75) is 37.5 Å². The summed E-state index contributed by atoms with van der Waals surface area (Å²) >= 11 is 0. The number of carbonyl (C=O) groups is 2. The van der Waals surface area contributed by atoms with Gasteiger partial charge in [0.2, 0.25) is 5.91 Å². The largest absolute Gasteiger partial charge is 0.423 e. The van der Waals surface area contributed by atoms with Gasteiger partial charge in [0, 0.05) is 13.1 Å². The van der Waals surface area contributed by atoms with E-state index in [0.717, 1.165) is 12.1 Å². The summed E-state index contributed by atoms with van der Waals surface area (Å²) in [6.45, 7) is -0.427. The average molecular weight is 667 g/mol. The number of hydrogen-bond acceptors (Lipinski definition) is 4. The van der Waals surface area contributed by atoms with E-state index in [2.05, 4.69) is 0 Å². The molecule has 47 heavy (non-hydrogen) atoms. The highest BCUT2D eigenvalue weighted by atomic mass is 19.4. The van der Waals surface area contributed by atoms with Crippen LogP contribution >= 0.6 is 0 Å². The lowest BCUT2D eigenvalue weighted by Gasteiger charge is -2.35. The molecule has 5 nitrogen and oxygen atoms in total. The molecule has 1 amide bonds. The fourth-order valence-electron chi connectivity index (χ4n) is 5.48. The summed E-state index contributed by atoms with van der Waals surface area (Å²) in [6, 6.07) is 14.6. The van der Waals surface area contributed by atoms with Gasteiger partial charge in [0.1, 0.15) is 11.8 Å².